The minimum atomic E-state index is -0.446. The van der Waals surface area contributed by atoms with Crippen molar-refractivity contribution in [2.45, 2.75) is 6.61 Å². The van der Waals surface area contributed by atoms with Gasteiger partial charge in [0.25, 0.3) is 11.8 Å². The van der Waals surface area contributed by atoms with Gasteiger partial charge in [-0.15, -0.1) is 10.2 Å². The second kappa shape index (κ2) is 9.77. The van der Waals surface area contributed by atoms with Gasteiger partial charge in [-0.1, -0.05) is 11.3 Å². The molecule has 5 rings (SSSR count). The molecule has 1 aliphatic heterocycles. The Balaban J connectivity index is 1.14. The Labute approximate surface area is 202 Å². The van der Waals surface area contributed by atoms with Crippen molar-refractivity contribution in [1.82, 2.24) is 10.2 Å². The molecule has 11 heteroatoms. The maximum atomic E-state index is 13.0. The summed E-state index contributed by atoms with van der Waals surface area (Å²) in [5.41, 5.74) is 1.49. The summed E-state index contributed by atoms with van der Waals surface area (Å²) in [7, 11) is 0. The summed E-state index contributed by atoms with van der Waals surface area (Å²) in [5.74, 6) is 0.628. The summed E-state index contributed by atoms with van der Waals surface area (Å²) in [5, 5.41) is 13.9. The first-order valence-electron chi connectivity index (χ1n) is 10.4. The summed E-state index contributed by atoms with van der Waals surface area (Å²) in [6.45, 7) is 0.264. The molecular weight excluding hydrogens is 475 g/mol. The molecule has 0 bridgehead atoms. The average molecular weight is 492 g/mol. The molecule has 35 heavy (non-hydrogen) atoms. The first-order chi connectivity index (χ1) is 17.0. The van der Waals surface area contributed by atoms with E-state index >= 15 is 0 Å². The van der Waals surface area contributed by atoms with Gasteiger partial charge in [-0.05, 0) is 60.7 Å². The van der Waals surface area contributed by atoms with Gasteiger partial charge in [0, 0.05) is 23.0 Å². The first kappa shape index (κ1) is 22.3. The molecule has 0 radical (unpaired) electrons. The number of halogens is 1. The SMILES string of the molecule is O=C(Nc1ccc2c(c1)OCO2)c1ccc(OCc2nnc(C(=O)Nc3ccc(F)cc3)s2)cc1. The molecule has 3 aromatic carbocycles. The van der Waals surface area contributed by atoms with Crippen LogP contribution in [0, 0.1) is 5.82 Å². The molecule has 0 fully saturated rings. The van der Waals surface area contributed by atoms with Gasteiger partial charge in [-0.25, -0.2) is 4.39 Å². The van der Waals surface area contributed by atoms with Crippen molar-refractivity contribution in [2.75, 3.05) is 17.4 Å². The van der Waals surface area contributed by atoms with Crippen LogP contribution < -0.4 is 24.8 Å². The van der Waals surface area contributed by atoms with Crippen LogP contribution in [-0.4, -0.2) is 28.8 Å². The molecule has 9 nitrogen and oxygen atoms in total. The summed E-state index contributed by atoms with van der Waals surface area (Å²) in [4.78, 5) is 24.8. The lowest BCUT2D eigenvalue weighted by Crippen LogP contribution is -2.11. The number of hydrogen-bond donors (Lipinski definition) is 2. The van der Waals surface area contributed by atoms with E-state index in [4.69, 9.17) is 14.2 Å². The number of rotatable bonds is 7. The number of nitrogens with one attached hydrogen (secondary N) is 2. The molecule has 2 amide bonds. The number of ether oxygens (including phenoxy) is 3. The standard InChI is InChI=1S/C24H17FN4O5S/c25-15-3-5-16(6-4-15)26-23(31)24-29-28-21(35-24)12-32-18-8-1-14(2-9-18)22(30)27-17-7-10-19-20(11-17)34-13-33-19/h1-11H,12-13H2,(H,26,31)(H,27,30). The van der Waals surface area contributed by atoms with Gasteiger partial charge < -0.3 is 24.8 Å². The van der Waals surface area contributed by atoms with Crippen molar-refractivity contribution in [3.05, 3.63) is 88.1 Å². The second-order valence-corrected chi connectivity index (χ2v) is 8.36. The smallest absolute Gasteiger partial charge is 0.286 e. The van der Waals surface area contributed by atoms with E-state index < -0.39 is 11.7 Å². The van der Waals surface area contributed by atoms with Gasteiger partial charge in [0.2, 0.25) is 11.8 Å². The van der Waals surface area contributed by atoms with E-state index in [1.165, 1.54) is 24.3 Å². The molecule has 0 saturated heterocycles. The first-order valence-corrected chi connectivity index (χ1v) is 11.2. The highest BCUT2D eigenvalue weighted by molar-refractivity contribution is 7.13. The van der Waals surface area contributed by atoms with Crippen molar-refractivity contribution >= 4 is 34.5 Å². The van der Waals surface area contributed by atoms with Crippen LogP contribution in [0.3, 0.4) is 0 Å². The van der Waals surface area contributed by atoms with Crippen molar-refractivity contribution in [1.29, 1.82) is 0 Å². The zero-order valence-corrected chi connectivity index (χ0v) is 18.8. The fourth-order valence-corrected chi connectivity index (χ4v) is 3.79. The van der Waals surface area contributed by atoms with Crippen molar-refractivity contribution in [2.24, 2.45) is 0 Å². The van der Waals surface area contributed by atoms with E-state index in [9.17, 15) is 14.0 Å². The van der Waals surface area contributed by atoms with Gasteiger partial charge in [-0.2, -0.15) is 0 Å². The lowest BCUT2D eigenvalue weighted by molar-refractivity contribution is 0.101. The average Bonchev–Trinajstić information content (AvgIpc) is 3.54. The Morgan fingerprint density at radius 3 is 2.40 bits per heavy atom. The number of nitrogens with zero attached hydrogens (tertiary/aromatic N) is 2. The number of aromatic nitrogens is 2. The van der Waals surface area contributed by atoms with Gasteiger partial charge in [0.15, 0.2) is 16.5 Å². The van der Waals surface area contributed by atoms with Crippen molar-refractivity contribution in [3.63, 3.8) is 0 Å². The zero-order valence-electron chi connectivity index (χ0n) is 18.0. The molecule has 0 unspecified atom stereocenters. The molecule has 4 aromatic rings. The van der Waals surface area contributed by atoms with E-state index in [1.807, 2.05) is 0 Å². The molecule has 2 N–H and O–H groups in total. The molecular formula is C24H17FN4O5S. The second-order valence-electron chi connectivity index (χ2n) is 7.30. The van der Waals surface area contributed by atoms with Crippen LogP contribution in [0.4, 0.5) is 15.8 Å². The van der Waals surface area contributed by atoms with Crippen LogP contribution in [0.5, 0.6) is 17.2 Å². The fraction of sp³-hybridized carbons (Fsp3) is 0.0833. The fourth-order valence-electron chi connectivity index (χ4n) is 3.15. The van der Waals surface area contributed by atoms with Crippen LogP contribution in [0.15, 0.2) is 66.7 Å². The summed E-state index contributed by atoms with van der Waals surface area (Å²) in [6.07, 6.45) is 0. The Bertz CT molecular complexity index is 1380. The molecule has 176 valence electrons. The van der Waals surface area contributed by atoms with E-state index in [0.717, 1.165) is 11.3 Å². The number of amides is 2. The van der Waals surface area contributed by atoms with Crippen LogP contribution in [0.2, 0.25) is 0 Å². The van der Waals surface area contributed by atoms with E-state index in [1.54, 1.807) is 42.5 Å². The number of carbonyl (C=O) groups excluding carboxylic acids is 2. The summed E-state index contributed by atoms with van der Waals surface area (Å²) >= 11 is 1.08. The number of benzene rings is 3. The van der Waals surface area contributed by atoms with Gasteiger partial charge in [0.1, 0.15) is 18.2 Å². The molecule has 1 aromatic heterocycles. The molecule has 0 atom stereocenters. The largest absolute Gasteiger partial charge is 0.486 e. The monoisotopic (exact) mass is 492 g/mol. The quantitative estimate of drug-likeness (QED) is 0.391. The van der Waals surface area contributed by atoms with Gasteiger partial charge >= 0.3 is 0 Å². The highest BCUT2D eigenvalue weighted by Gasteiger charge is 2.16. The predicted octanol–water partition coefficient (Wildman–Crippen LogP) is 4.49. The van der Waals surface area contributed by atoms with Gasteiger partial charge in [-0.3, -0.25) is 9.59 Å². The van der Waals surface area contributed by atoms with E-state index in [2.05, 4.69) is 20.8 Å². The minimum Gasteiger partial charge on any atom is -0.486 e. The summed E-state index contributed by atoms with van der Waals surface area (Å²) in [6, 6.07) is 17.2. The lowest BCUT2D eigenvalue weighted by atomic mass is 10.2. The maximum Gasteiger partial charge on any atom is 0.286 e. The Morgan fingerprint density at radius 2 is 1.60 bits per heavy atom. The molecule has 0 spiro atoms. The maximum absolute atomic E-state index is 13.0. The number of hydrogen-bond acceptors (Lipinski definition) is 8. The minimum absolute atomic E-state index is 0.101. The van der Waals surface area contributed by atoms with Gasteiger partial charge in [0.05, 0.1) is 0 Å². The highest BCUT2D eigenvalue weighted by atomic mass is 32.1. The Hall–Kier alpha value is -4.51. The van der Waals surface area contributed by atoms with Crippen molar-refractivity contribution in [3.8, 4) is 17.2 Å². The van der Waals surface area contributed by atoms with E-state index in [-0.39, 0.29) is 24.3 Å². The molecule has 1 aliphatic rings. The summed E-state index contributed by atoms with van der Waals surface area (Å²) < 4.78 is 29.3. The Kier molecular flexibility index (Phi) is 6.22. The normalized spacial score (nSPS) is 11.7. The third kappa shape index (κ3) is 5.36. The van der Waals surface area contributed by atoms with Crippen LogP contribution in [0.1, 0.15) is 25.2 Å². The molecule has 0 aliphatic carbocycles. The zero-order chi connectivity index (χ0) is 24.2. The predicted molar refractivity (Wildman–Crippen MR) is 126 cm³/mol. The van der Waals surface area contributed by atoms with Crippen LogP contribution in [-0.2, 0) is 6.61 Å². The van der Waals surface area contributed by atoms with Crippen LogP contribution in [0.25, 0.3) is 0 Å². The van der Waals surface area contributed by atoms with Crippen LogP contribution >= 0.6 is 11.3 Å². The number of anilines is 2. The molecule has 0 saturated carbocycles. The Morgan fingerprint density at radius 1 is 0.886 bits per heavy atom. The van der Waals surface area contributed by atoms with Crippen molar-refractivity contribution < 1.29 is 28.2 Å². The number of fused-ring (bicyclic) bond motifs is 1. The number of carbonyl (C=O) groups is 2. The molecule has 2 heterocycles. The lowest BCUT2D eigenvalue weighted by Gasteiger charge is -2.08. The third-order valence-electron chi connectivity index (χ3n) is 4.87. The van der Waals surface area contributed by atoms with E-state index in [0.29, 0.717) is 39.2 Å². The highest BCUT2D eigenvalue weighted by Crippen LogP contribution is 2.34. The third-order valence-corrected chi connectivity index (χ3v) is 5.77. The topological polar surface area (TPSA) is 112 Å².